The van der Waals surface area contributed by atoms with E-state index >= 15 is 0 Å². The van der Waals surface area contributed by atoms with Crippen molar-refractivity contribution in [1.29, 1.82) is 0 Å². The van der Waals surface area contributed by atoms with Crippen molar-refractivity contribution in [2.24, 2.45) is 0 Å². The first-order valence-corrected chi connectivity index (χ1v) is 17.4. The van der Waals surface area contributed by atoms with Crippen molar-refractivity contribution in [1.82, 2.24) is 19.0 Å². The molecule has 0 radical (unpaired) electrons. The molecule has 0 spiro atoms. The highest BCUT2D eigenvalue weighted by Gasteiger charge is 2.20. The number of allylic oxidation sites excluding steroid dienone is 1. The Labute approximate surface area is 276 Å². The number of rotatable bonds is 13. The molecule has 1 saturated heterocycles. The van der Waals surface area contributed by atoms with E-state index in [-0.39, 0.29) is 25.9 Å². The lowest BCUT2D eigenvalue weighted by Gasteiger charge is -2.23. The van der Waals surface area contributed by atoms with Crippen LogP contribution in [0.3, 0.4) is 0 Å². The molecule has 5 rings (SSSR count). The van der Waals surface area contributed by atoms with Gasteiger partial charge in [0.25, 0.3) is 0 Å². The molecule has 1 aromatic heterocycles. The Kier molecular flexibility index (Phi) is 11.1. The van der Waals surface area contributed by atoms with Crippen LogP contribution in [0, 0.1) is 0 Å². The molecular formula is C36H42N4O6S. The Morgan fingerprint density at radius 1 is 1.04 bits per heavy atom. The van der Waals surface area contributed by atoms with Gasteiger partial charge in [0.2, 0.25) is 10.0 Å². The summed E-state index contributed by atoms with van der Waals surface area (Å²) in [5.74, 6) is 0.603. The third-order valence-corrected chi connectivity index (χ3v) is 9.79. The van der Waals surface area contributed by atoms with Gasteiger partial charge in [-0.15, -0.1) is 0 Å². The van der Waals surface area contributed by atoms with Crippen LogP contribution in [-0.4, -0.2) is 79.0 Å². The molecule has 47 heavy (non-hydrogen) atoms. The van der Waals surface area contributed by atoms with E-state index < -0.39 is 16.1 Å². The van der Waals surface area contributed by atoms with Crippen molar-refractivity contribution in [2.75, 3.05) is 40.4 Å². The van der Waals surface area contributed by atoms with E-state index in [0.29, 0.717) is 5.75 Å². The number of aromatic nitrogens is 2. The topological polar surface area (TPSA) is 114 Å². The van der Waals surface area contributed by atoms with E-state index in [1.165, 1.54) is 25.7 Å². The number of hydrogen-bond acceptors (Lipinski definition) is 6. The maximum Gasteiger partial charge on any atom is 0.407 e. The second kappa shape index (κ2) is 15.4. The molecule has 0 aliphatic carbocycles. The molecule has 1 unspecified atom stereocenters. The fourth-order valence-electron chi connectivity index (χ4n) is 5.70. The van der Waals surface area contributed by atoms with Crippen LogP contribution in [0.5, 0.6) is 5.75 Å². The normalized spacial score (nSPS) is 16.0. The van der Waals surface area contributed by atoms with E-state index in [2.05, 4.69) is 37.3 Å². The first kappa shape index (κ1) is 33.9. The second-order valence-electron chi connectivity index (χ2n) is 11.6. The summed E-state index contributed by atoms with van der Waals surface area (Å²) in [5.41, 5.74) is 6.63. The SMILES string of the molecule is CCC(=C(c1ccc(OCCN(CC=CS(=O)(=O)N(C)C)C(=O)O)cc1)c1ccc2c(cnn2C2CCCCO2)c1)c1ccccc1. The molecule has 1 aliphatic rings. The molecular weight excluding hydrogens is 616 g/mol. The number of hydrogen-bond donors (Lipinski definition) is 1. The molecule has 1 fully saturated rings. The van der Waals surface area contributed by atoms with E-state index in [1.807, 2.05) is 53.3 Å². The summed E-state index contributed by atoms with van der Waals surface area (Å²) in [4.78, 5) is 12.8. The average molecular weight is 659 g/mol. The molecule has 1 aliphatic heterocycles. The van der Waals surface area contributed by atoms with Gasteiger partial charge < -0.3 is 19.5 Å². The van der Waals surface area contributed by atoms with Crippen LogP contribution in [0.4, 0.5) is 4.79 Å². The van der Waals surface area contributed by atoms with Gasteiger partial charge in [0.15, 0.2) is 6.23 Å². The molecule has 2 heterocycles. The summed E-state index contributed by atoms with van der Waals surface area (Å²) < 4.78 is 38.9. The summed E-state index contributed by atoms with van der Waals surface area (Å²) in [6, 6.07) is 24.7. The number of carbonyl (C=O) groups is 1. The first-order chi connectivity index (χ1) is 22.7. The van der Waals surface area contributed by atoms with Gasteiger partial charge in [-0.2, -0.15) is 5.10 Å². The summed E-state index contributed by atoms with van der Waals surface area (Å²) in [6.45, 7) is 3.03. The lowest BCUT2D eigenvalue weighted by molar-refractivity contribution is -0.0366. The van der Waals surface area contributed by atoms with E-state index in [9.17, 15) is 18.3 Å². The van der Waals surface area contributed by atoms with Crippen molar-refractivity contribution < 1.29 is 27.8 Å². The first-order valence-electron chi connectivity index (χ1n) is 15.9. The van der Waals surface area contributed by atoms with Gasteiger partial charge in [-0.25, -0.2) is 22.2 Å². The third kappa shape index (κ3) is 8.29. The van der Waals surface area contributed by atoms with Crippen LogP contribution < -0.4 is 4.74 Å². The Balaban J connectivity index is 1.38. The number of fused-ring (bicyclic) bond motifs is 1. The average Bonchev–Trinajstić information content (AvgIpc) is 3.51. The van der Waals surface area contributed by atoms with Crippen LogP contribution >= 0.6 is 0 Å². The van der Waals surface area contributed by atoms with Crippen LogP contribution in [0.2, 0.25) is 0 Å². The van der Waals surface area contributed by atoms with E-state index in [4.69, 9.17) is 14.6 Å². The molecule has 248 valence electrons. The number of ether oxygens (including phenoxy) is 2. The van der Waals surface area contributed by atoms with Crippen molar-refractivity contribution >= 4 is 38.2 Å². The van der Waals surface area contributed by atoms with Gasteiger partial charge >= 0.3 is 6.09 Å². The number of sulfonamides is 1. The van der Waals surface area contributed by atoms with Gasteiger partial charge in [0.05, 0.1) is 18.3 Å². The minimum absolute atomic E-state index is 0.0385. The zero-order valence-electron chi connectivity index (χ0n) is 27.1. The Bertz CT molecular complexity index is 1830. The molecule has 3 aromatic carbocycles. The minimum Gasteiger partial charge on any atom is -0.492 e. The Morgan fingerprint density at radius 2 is 1.79 bits per heavy atom. The predicted molar refractivity (Wildman–Crippen MR) is 185 cm³/mol. The fourth-order valence-corrected chi connectivity index (χ4v) is 6.28. The minimum atomic E-state index is -3.57. The van der Waals surface area contributed by atoms with Crippen LogP contribution in [0.15, 0.2) is 90.5 Å². The van der Waals surface area contributed by atoms with Crippen LogP contribution in [-0.2, 0) is 14.8 Å². The summed E-state index contributed by atoms with van der Waals surface area (Å²) in [5, 5.41) is 16.3. The molecule has 0 bridgehead atoms. The highest BCUT2D eigenvalue weighted by molar-refractivity contribution is 7.92. The number of benzene rings is 3. The predicted octanol–water partition coefficient (Wildman–Crippen LogP) is 6.87. The van der Waals surface area contributed by atoms with Crippen molar-refractivity contribution in [3.8, 4) is 5.75 Å². The highest BCUT2D eigenvalue weighted by Crippen LogP contribution is 2.37. The van der Waals surface area contributed by atoms with Gasteiger partial charge in [-0.05, 0) is 77.8 Å². The van der Waals surface area contributed by atoms with Gasteiger partial charge in [-0.3, -0.25) is 0 Å². The lowest BCUT2D eigenvalue weighted by Crippen LogP contribution is -2.33. The zero-order chi connectivity index (χ0) is 33.4. The van der Waals surface area contributed by atoms with Crippen molar-refractivity contribution in [3.05, 3.63) is 107 Å². The summed E-state index contributed by atoms with van der Waals surface area (Å²) in [7, 11) is -0.735. The second-order valence-corrected chi connectivity index (χ2v) is 13.6. The standard InChI is InChI=1S/C36H42N4O6S/c1-4-32(27-11-6-5-7-12-27)35(29-16-19-33-30(25-29)26-37-40(33)34-13-8-9-22-46-34)28-14-17-31(18-15-28)45-23-21-39(36(41)42)20-10-24-47(43,44)38(2)3/h5-7,10-12,14-19,24-26,34H,4,8-9,13,20-23H2,1-3H3,(H,41,42). The maximum absolute atomic E-state index is 11.9. The molecule has 1 amide bonds. The Morgan fingerprint density at radius 3 is 2.45 bits per heavy atom. The van der Waals surface area contributed by atoms with Gasteiger partial charge in [0.1, 0.15) is 12.4 Å². The largest absolute Gasteiger partial charge is 0.492 e. The van der Waals surface area contributed by atoms with Gasteiger partial charge in [-0.1, -0.05) is 61.5 Å². The zero-order valence-corrected chi connectivity index (χ0v) is 27.9. The lowest BCUT2D eigenvalue weighted by atomic mass is 9.88. The molecule has 10 nitrogen and oxygen atoms in total. The monoisotopic (exact) mass is 658 g/mol. The van der Waals surface area contributed by atoms with E-state index in [1.54, 1.807) is 0 Å². The molecule has 0 saturated carbocycles. The fraction of sp³-hybridized carbons (Fsp3) is 0.333. The highest BCUT2D eigenvalue weighted by atomic mass is 32.2. The quantitative estimate of drug-likeness (QED) is 0.156. The number of carboxylic acid groups (broad SMARTS) is 1. The smallest absolute Gasteiger partial charge is 0.407 e. The van der Waals surface area contributed by atoms with Gasteiger partial charge in [0, 0.05) is 38.0 Å². The third-order valence-electron chi connectivity index (χ3n) is 8.24. The molecule has 4 aromatic rings. The molecule has 1 N–H and O–H groups in total. The van der Waals surface area contributed by atoms with Crippen molar-refractivity contribution in [3.63, 3.8) is 0 Å². The number of nitrogens with zero attached hydrogens (tertiary/aromatic N) is 4. The number of amides is 1. The Hall–Kier alpha value is -4.45. The van der Waals surface area contributed by atoms with Crippen LogP contribution in [0.25, 0.3) is 22.0 Å². The van der Waals surface area contributed by atoms with Crippen molar-refractivity contribution in [2.45, 2.75) is 38.8 Å². The molecule has 11 heteroatoms. The van der Waals surface area contributed by atoms with Crippen LogP contribution in [0.1, 0.15) is 55.5 Å². The summed E-state index contributed by atoms with van der Waals surface area (Å²) in [6.07, 6.45) is 6.02. The van der Waals surface area contributed by atoms with E-state index in [0.717, 1.165) is 80.1 Å². The maximum atomic E-state index is 11.9. The molecule has 1 atom stereocenters. The summed E-state index contributed by atoms with van der Waals surface area (Å²) >= 11 is 0.